The van der Waals surface area contributed by atoms with Gasteiger partial charge in [-0.05, 0) is 11.6 Å². The summed E-state index contributed by atoms with van der Waals surface area (Å²) in [6, 6.07) is 3.00. The Morgan fingerprint density at radius 3 is 3.07 bits per heavy atom. The first-order chi connectivity index (χ1) is 7.08. The maximum absolute atomic E-state index is 10.8. The number of carboxylic acid groups (broad SMARTS) is 1. The summed E-state index contributed by atoms with van der Waals surface area (Å²) >= 11 is 5.74. The van der Waals surface area contributed by atoms with Crippen LogP contribution in [0.3, 0.4) is 0 Å². The Kier molecular flexibility index (Phi) is 2.50. The van der Waals surface area contributed by atoms with E-state index in [1.165, 1.54) is 4.90 Å². The molecule has 0 aromatic carbocycles. The second-order valence-corrected chi connectivity index (χ2v) is 3.84. The van der Waals surface area contributed by atoms with Gasteiger partial charge < -0.3 is 15.7 Å². The molecule has 5 nitrogen and oxygen atoms in total. The van der Waals surface area contributed by atoms with Crippen LogP contribution in [-0.2, 0) is 6.54 Å². The number of hydrogen-bond acceptors (Lipinski definition) is 3. The average molecular weight is 228 g/mol. The molecular weight excluding hydrogens is 218 g/mol. The summed E-state index contributed by atoms with van der Waals surface area (Å²) in [5.41, 5.74) is 7.33. The maximum Gasteiger partial charge on any atom is 0.407 e. The summed E-state index contributed by atoms with van der Waals surface area (Å²) in [4.78, 5) is 16.2. The SMILES string of the molecule is NC1CN(C(=O)O)Cc2ccc(Cl)nc21. The van der Waals surface area contributed by atoms with Crippen molar-refractivity contribution in [3.05, 3.63) is 28.5 Å². The Hall–Kier alpha value is -1.33. The number of nitrogens with two attached hydrogens (primary N) is 1. The largest absolute Gasteiger partial charge is 0.465 e. The number of amides is 1. The molecule has 2 rings (SSSR count). The lowest BCUT2D eigenvalue weighted by Crippen LogP contribution is -2.40. The molecule has 0 bridgehead atoms. The van der Waals surface area contributed by atoms with Gasteiger partial charge in [0, 0.05) is 6.54 Å². The van der Waals surface area contributed by atoms with Crippen LogP contribution in [0.15, 0.2) is 12.1 Å². The third-order valence-corrected chi connectivity index (χ3v) is 2.59. The minimum atomic E-state index is -0.967. The number of pyridine rings is 1. The molecule has 1 amide bonds. The molecule has 0 radical (unpaired) electrons. The van der Waals surface area contributed by atoms with Crippen molar-refractivity contribution in [2.75, 3.05) is 6.54 Å². The van der Waals surface area contributed by atoms with Crippen molar-refractivity contribution in [3.63, 3.8) is 0 Å². The number of halogens is 1. The third-order valence-electron chi connectivity index (χ3n) is 2.38. The molecule has 0 saturated heterocycles. The fourth-order valence-electron chi connectivity index (χ4n) is 1.67. The molecule has 1 atom stereocenters. The number of nitrogens with zero attached hydrogens (tertiary/aromatic N) is 2. The topological polar surface area (TPSA) is 79.5 Å². The lowest BCUT2D eigenvalue weighted by Gasteiger charge is -2.29. The van der Waals surface area contributed by atoms with Crippen molar-refractivity contribution in [1.82, 2.24) is 9.88 Å². The lowest BCUT2D eigenvalue weighted by atomic mass is 10.0. The Morgan fingerprint density at radius 1 is 1.67 bits per heavy atom. The molecule has 3 N–H and O–H groups in total. The van der Waals surface area contributed by atoms with Crippen LogP contribution in [0, 0.1) is 0 Å². The van der Waals surface area contributed by atoms with Crippen molar-refractivity contribution < 1.29 is 9.90 Å². The van der Waals surface area contributed by atoms with E-state index in [-0.39, 0.29) is 6.54 Å². The molecule has 0 aliphatic carbocycles. The van der Waals surface area contributed by atoms with Crippen molar-refractivity contribution >= 4 is 17.7 Å². The zero-order chi connectivity index (χ0) is 11.0. The van der Waals surface area contributed by atoms with Crippen LogP contribution >= 0.6 is 11.6 Å². The molecule has 80 valence electrons. The van der Waals surface area contributed by atoms with Gasteiger partial charge in [0.15, 0.2) is 0 Å². The van der Waals surface area contributed by atoms with E-state index in [1.807, 2.05) is 0 Å². The number of hydrogen-bond donors (Lipinski definition) is 2. The van der Waals surface area contributed by atoms with Gasteiger partial charge >= 0.3 is 6.09 Å². The molecule has 1 aromatic rings. The van der Waals surface area contributed by atoms with Crippen LogP contribution in [0.4, 0.5) is 4.79 Å². The van der Waals surface area contributed by atoms with Gasteiger partial charge in [-0.3, -0.25) is 0 Å². The normalized spacial score (nSPS) is 19.9. The monoisotopic (exact) mass is 227 g/mol. The van der Waals surface area contributed by atoms with Crippen LogP contribution < -0.4 is 5.73 Å². The Bertz CT molecular complexity index is 410. The fourth-order valence-corrected chi connectivity index (χ4v) is 1.83. The predicted molar refractivity (Wildman–Crippen MR) is 54.6 cm³/mol. The number of fused-ring (bicyclic) bond motifs is 1. The zero-order valence-corrected chi connectivity index (χ0v) is 8.61. The quantitative estimate of drug-likeness (QED) is 0.654. The second kappa shape index (κ2) is 3.67. The van der Waals surface area contributed by atoms with Gasteiger partial charge in [-0.15, -0.1) is 0 Å². The molecule has 0 saturated carbocycles. The van der Waals surface area contributed by atoms with E-state index < -0.39 is 12.1 Å². The highest BCUT2D eigenvalue weighted by atomic mass is 35.5. The molecule has 6 heteroatoms. The van der Waals surface area contributed by atoms with Crippen molar-refractivity contribution in [2.24, 2.45) is 5.73 Å². The first-order valence-electron chi connectivity index (χ1n) is 4.46. The van der Waals surface area contributed by atoms with Gasteiger partial charge in [-0.25, -0.2) is 9.78 Å². The van der Waals surface area contributed by atoms with Gasteiger partial charge in [0.25, 0.3) is 0 Å². The summed E-state index contributed by atoms with van der Waals surface area (Å²) in [6.45, 7) is 0.582. The summed E-state index contributed by atoms with van der Waals surface area (Å²) in [5.74, 6) is 0. The van der Waals surface area contributed by atoms with Gasteiger partial charge in [-0.1, -0.05) is 17.7 Å². The molecular formula is C9H10ClN3O2. The molecule has 15 heavy (non-hydrogen) atoms. The van der Waals surface area contributed by atoms with E-state index >= 15 is 0 Å². The summed E-state index contributed by atoms with van der Waals surface area (Å²) < 4.78 is 0. The van der Waals surface area contributed by atoms with E-state index in [1.54, 1.807) is 12.1 Å². The van der Waals surface area contributed by atoms with E-state index in [9.17, 15) is 4.79 Å². The maximum atomic E-state index is 10.8. The Morgan fingerprint density at radius 2 is 2.40 bits per heavy atom. The van der Waals surface area contributed by atoms with Crippen molar-refractivity contribution in [2.45, 2.75) is 12.6 Å². The molecule has 1 aromatic heterocycles. The highest BCUT2D eigenvalue weighted by Gasteiger charge is 2.26. The third kappa shape index (κ3) is 1.88. The van der Waals surface area contributed by atoms with E-state index in [0.29, 0.717) is 17.4 Å². The fraction of sp³-hybridized carbons (Fsp3) is 0.333. The van der Waals surface area contributed by atoms with Crippen LogP contribution in [-0.4, -0.2) is 27.6 Å². The molecule has 1 unspecified atom stereocenters. The minimum Gasteiger partial charge on any atom is -0.465 e. The number of aromatic nitrogens is 1. The van der Waals surface area contributed by atoms with Crippen LogP contribution in [0.2, 0.25) is 5.15 Å². The van der Waals surface area contributed by atoms with E-state index in [4.69, 9.17) is 22.4 Å². The Balaban J connectivity index is 2.36. The Labute approximate surface area is 91.5 Å². The van der Waals surface area contributed by atoms with Gasteiger partial charge in [0.2, 0.25) is 0 Å². The first kappa shape index (κ1) is 10.2. The molecule has 0 fully saturated rings. The van der Waals surface area contributed by atoms with E-state index in [2.05, 4.69) is 4.98 Å². The molecule has 0 spiro atoms. The van der Waals surface area contributed by atoms with Crippen LogP contribution in [0.5, 0.6) is 0 Å². The summed E-state index contributed by atoms with van der Waals surface area (Å²) in [5, 5.41) is 9.24. The average Bonchev–Trinajstić information content (AvgIpc) is 2.18. The highest BCUT2D eigenvalue weighted by Crippen LogP contribution is 2.24. The lowest BCUT2D eigenvalue weighted by molar-refractivity contribution is 0.134. The number of rotatable bonds is 0. The smallest absolute Gasteiger partial charge is 0.407 e. The zero-order valence-electron chi connectivity index (χ0n) is 7.85. The summed E-state index contributed by atoms with van der Waals surface area (Å²) in [7, 11) is 0. The predicted octanol–water partition coefficient (Wildman–Crippen LogP) is 1.23. The van der Waals surface area contributed by atoms with Gasteiger partial charge in [-0.2, -0.15) is 0 Å². The molecule has 1 aliphatic heterocycles. The van der Waals surface area contributed by atoms with Gasteiger partial charge in [0.05, 0.1) is 18.3 Å². The standard InChI is InChI=1S/C9H10ClN3O2/c10-7-2-1-5-3-13(9(14)15)4-6(11)8(5)12-7/h1-2,6H,3-4,11H2,(H,14,15). The molecule has 1 aliphatic rings. The van der Waals surface area contributed by atoms with E-state index in [0.717, 1.165) is 5.56 Å². The highest BCUT2D eigenvalue weighted by molar-refractivity contribution is 6.29. The number of carbonyl (C=O) groups is 1. The van der Waals surface area contributed by atoms with Crippen molar-refractivity contribution in [3.8, 4) is 0 Å². The first-order valence-corrected chi connectivity index (χ1v) is 4.84. The molecule has 2 heterocycles. The van der Waals surface area contributed by atoms with Crippen molar-refractivity contribution in [1.29, 1.82) is 0 Å². The van der Waals surface area contributed by atoms with Crippen LogP contribution in [0.1, 0.15) is 17.3 Å². The summed E-state index contributed by atoms with van der Waals surface area (Å²) in [6.07, 6.45) is -0.967. The minimum absolute atomic E-state index is 0.260. The van der Waals surface area contributed by atoms with Gasteiger partial charge in [0.1, 0.15) is 5.15 Å². The van der Waals surface area contributed by atoms with Crippen LogP contribution in [0.25, 0.3) is 0 Å². The second-order valence-electron chi connectivity index (χ2n) is 3.45.